The van der Waals surface area contributed by atoms with Gasteiger partial charge in [0.1, 0.15) is 0 Å². The maximum atomic E-state index is 2.54. The van der Waals surface area contributed by atoms with Gasteiger partial charge < -0.3 is 9.80 Å². The second-order valence-corrected chi connectivity index (χ2v) is 51.0. The summed E-state index contributed by atoms with van der Waals surface area (Å²) in [6, 6.07) is 123. The minimum atomic E-state index is -0.208. The van der Waals surface area contributed by atoms with Gasteiger partial charge in [-0.1, -0.05) is 430 Å². The second-order valence-electron chi connectivity index (χ2n) is 51.0. The zero-order chi connectivity index (χ0) is 101. The van der Waals surface area contributed by atoms with Crippen LogP contribution in [0.25, 0.3) is 111 Å². The van der Waals surface area contributed by atoms with Crippen LogP contribution in [0.2, 0.25) is 0 Å². The summed E-state index contributed by atoms with van der Waals surface area (Å²) in [5, 5.41) is 0. The lowest BCUT2D eigenvalue weighted by Gasteiger charge is -2.32. The van der Waals surface area contributed by atoms with Crippen molar-refractivity contribution in [3.8, 4) is 111 Å². The van der Waals surface area contributed by atoms with Crippen LogP contribution in [0.3, 0.4) is 0 Å². The summed E-state index contributed by atoms with van der Waals surface area (Å²) in [6.45, 7) is 74.8. The summed E-state index contributed by atoms with van der Waals surface area (Å²) in [5.74, 6) is 0. The Labute approximate surface area is 845 Å². The van der Waals surface area contributed by atoms with Gasteiger partial charge in [-0.25, -0.2) is 0 Å². The predicted octanol–water partition coefficient (Wildman–Crippen LogP) is 39.5. The number of nitrogens with zero attached hydrogens (tertiary/aromatic N) is 2. The Bertz CT molecular complexity index is 7310. The molecule has 0 aromatic heterocycles. The van der Waals surface area contributed by atoms with Gasteiger partial charge >= 0.3 is 0 Å². The third kappa shape index (κ3) is 17.5. The Balaban J connectivity index is 0.000000179. The summed E-state index contributed by atoms with van der Waals surface area (Å²) < 4.78 is 0. The monoisotopic (exact) mass is 1850 g/mol. The third-order valence-corrected chi connectivity index (χ3v) is 32.2. The highest BCUT2D eigenvalue weighted by molar-refractivity contribution is 5.96. The number of hydrogen-bond acceptors (Lipinski definition) is 2. The van der Waals surface area contributed by atoms with Gasteiger partial charge in [0, 0.05) is 55.8 Å². The lowest BCUT2D eigenvalue weighted by atomic mass is 9.75. The van der Waals surface area contributed by atoms with Crippen LogP contribution in [-0.4, -0.2) is 0 Å². The highest BCUT2D eigenvalue weighted by Gasteiger charge is 2.43. The topological polar surface area (TPSA) is 6.48 Å². The maximum Gasteiger partial charge on any atom is 0.0474 e. The molecule has 0 unspecified atom stereocenters. The molecule has 0 heterocycles. The normalized spacial score (nSPS) is 14.6. The molecule has 141 heavy (non-hydrogen) atoms. The van der Waals surface area contributed by atoms with Crippen molar-refractivity contribution >= 4 is 34.1 Å². The number of anilines is 6. The molecule has 0 radical (unpaired) electrons. The third-order valence-electron chi connectivity index (χ3n) is 32.2. The van der Waals surface area contributed by atoms with Gasteiger partial charge in [-0.3, -0.25) is 0 Å². The molecule has 16 aromatic carbocycles. The van der Waals surface area contributed by atoms with Crippen LogP contribution in [0, 0.1) is 20.8 Å². The van der Waals surface area contributed by atoms with E-state index in [0.717, 1.165) is 34.1 Å². The Morgan fingerprint density at radius 2 is 0.333 bits per heavy atom. The molecular weight excluding hydrogens is 1700 g/mol. The van der Waals surface area contributed by atoms with Gasteiger partial charge in [-0.05, 0) is 356 Å². The Hall–Kier alpha value is -12.9. The van der Waals surface area contributed by atoms with Gasteiger partial charge in [0.05, 0.1) is 0 Å². The van der Waals surface area contributed by atoms with Crippen LogP contribution < -0.4 is 9.80 Å². The first-order valence-corrected chi connectivity index (χ1v) is 51.7. The average Bonchev–Trinajstić information content (AvgIpc) is 1.59. The van der Waals surface area contributed by atoms with Gasteiger partial charge in [-0.15, -0.1) is 0 Å². The molecule has 2 heteroatoms. The zero-order valence-electron chi connectivity index (χ0n) is 90.4. The smallest absolute Gasteiger partial charge is 0.0474 e. The van der Waals surface area contributed by atoms with Crippen LogP contribution >= 0.6 is 0 Å². The van der Waals surface area contributed by atoms with Crippen LogP contribution in [0.15, 0.2) is 315 Å². The molecule has 0 fully saturated rings. The molecule has 0 saturated carbocycles. The number of hydrogen-bond donors (Lipinski definition) is 0. The Morgan fingerprint density at radius 3 is 0.553 bits per heavy atom. The molecule has 0 spiro atoms. The molecule has 0 aliphatic heterocycles. The van der Waals surface area contributed by atoms with Gasteiger partial charge in [0.2, 0.25) is 0 Å². The van der Waals surface area contributed by atoms with Crippen LogP contribution in [-0.2, 0) is 59.6 Å². The van der Waals surface area contributed by atoms with Gasteiger partial charge in [-0.2, -0.15) is 0 Å². The van der Waals surface area contributed by atoms with E-state index >= 15 is 0 Å². The minimum Gasteiger partial charge on any atom is -0.310 e. The summed E-state index contributed by atoms with van der Waals surface area (Å²) in [5.41, 5.74) is 56.7. The summed E-state index contributed by atoms with van der Waals surface area (Å²) in [7, 11) is 0. The second kappa shape index (κ2) is 34.2. The Morgan fingerprint density at radius 1 is 0.156 bits per heavy atom. The van der Waals surface area contributed by atoms with E-state index in [1.807, 2.05) is 0 Å². The fourth-order valence-corrected chi connectivity index (χ4v) is 23.1. The van der Waals surface area contributed by atoms with E-state index in [4.69, 9.17) is 0 Å². The minimum absolute atomic E-state index is 0.0652. The highest BCUT2D eigenvalue weighted by atomic mass is 15.1. The van der Waals surface area contributed by atoms with E-state index in [1.165, 1.54) is 211 Å². The van der Waals surface area contributed by atoms with Crippen LogP contribution in [0.5, 0.6) is 0 Å². The van der Waals surface area contributed by atoms with E-state index in [9.17, 15) is 0 Å². The molecule has 20 rings (SSSR count). The van der Waals surface area contributed by atoms with Crippen molar-refractivity contribution in [3.63, 3.8) is 0 Å². The maximum absolute atomic E-state index is 2.54. The van der Waals surface area contributed by atoms with Crippen molar-refractivity contribution in [3.05, 3.63) is 416 Å². The molecule has 16 aromatic rings. The number of benzene rings is 16. The average molecular weight is 1850 g/mol. The van der Waals surface area contributed by atoms with Gasteiger partial charge in [0.25, 0.3) is 0 Å². The SMILES string of the molecule is Cc1ccc(N(c2ccc(-c3ccc(C(C)(C)C)cc3)cc2)c2cc(-c3ccc4c(c3)C(C)(C)c3cc(C(C)(C)C)ccc3-4)c(C(C)(C)C)c(-c3ccc4c(c3)C(C)(C)c3cc(C(C)(C)C)ccc3-4)c2)cc1.Cc1ccc(N(c2ccc(-c3ccc(C(C)(C)C)cc3)cc2)c2cc(-c3ccc4c(c3)C(C)(C)c3cc(C(C)(C)C)ccc3-4)c(C)c(-c3ccc4c(c3)C(C)(C)c3cc(C(C)(C)C)ccc3-4)c2)cc1. The largest absolute Gasteiger partial charge is 0.310 e. The summed E-state index contributed by atoms with van der Waals surface area (Å²) >= 11 is 0. The van der Waals surface area contributed by atoms with E-state index in [1.54, 1.807) is 0 Å². The van der Waals surface area contributed by atoms with Crippen molar-refractivity contribution in [1.82, 2.24) is 0 Å². The number of aryl methyl sites for hydroxylation is 2. The molecule has 0 bridgehead atoms. The van der Waals surface area contributed by atoms with E-state index in [2.05, 4.69) is 547 Å². The number of fused-ring (bicyclic) bond motifs is 12. The fraction of sp³-hybridized carbons (Fsp3) is 0.309. The summed E-state index contributed by atoms with van der Waals surface area (Å²) in [6.07, 6.45) is 0. The quantitative estimate of drug-likeness (QED) is 0.120. The van der Waals surface area contributed by atoms with Crippen molar-refractivity contribution in [2.24, 2.45) is 0 Å². The molecule has 4 aliphatic rings. The van der Waals surface area contributed by atoms with Crippen LogP contribution in [0.4, 0.5) is 34.1 Å². The van der Waals surface area contributed by atoms with Crippen molar-refractivity contribution < 1.29 is 0 Å². The van der Waals surface area contributed by atoms with E-state index in [0.29, 0.717) is 0 Å². The molecule has 0 saturated heterocycles. The Kier molecular flexibility index (Phi) is 23.5. The van der Waals surface area contributed by atoms with Gasteiger partial charge in [0.15, 0.2) is 0 Å². The first kappa shape index (κ1) is 97.0. The molecule has 0 atom stereocenters. The lowest BCUT2D eigenvalue weighted by molar-refractivity contribution is 0.584. The van der Waals surface area contributed by atoms with Crippen molar-refractivity contribution in [2.75, 3.05) is 9.80 Å². The van der Waals surface area contributed by atoms with Crippen LogP contribution in [0.1, 0.15) is 301 Å². The predicted molar refractivity (Wildman–Crippen MR) is 610 cm³/mol. The van der Waals surface area contributed by atoms with Crippen molar-refractivity contribution in [1.29, 1.82) is 0 Å². The van der Waals surface area contributed by atoms with Crippen molar-refractivity contribution in [2.45, 2.75) is 281 Å². The fourth-order valence-electron chi connectivity index (χ4n) is 23.1. The molecule has 0 N–H and O–H groups in total. The standard InChI is InChI=1S/C71H77N.C68H71N/c1-44-18-30-52(31-19-44)72(53-32-22-46(23-33-53)45-20-26-49(27-21-45)66(2,3)4)54-42-59(47-24-34-55-57-36-28-50(67(5,6)7)40-63(57)70(14,15)61(55)38-47)65(69(11,12)13)60(43-54)48-25-35-56-58-37-29-51(68(8,9)10)41-64(58)71(16,17)62(56)39-48;1-42-16-28-51(29-17-42)69(52-30-20-45(21-31-52)44-18-24-48(25-19-44)64(3,4)5)53-40-58(46-22-32-54-56-34-26-49(65(6,7)8)38-62(56)67(12,13)60(54)36-46)43(2)59(41-53)47-23-33-55-57-35-27-50(66(9,10)11)39-63(57)68(14,15)61(55)37-47/h18-43H,1-17H3;16-41H,1-15H3. The molecule has 2 nitrogen and oxygen atoms in total. The molecule has 0 amide bonds. The first-order chi connectivity index (χ1) is 66.0. The van der Waals surface area contributed by atoms with E-state index < -0.39 is 0 Å². The highest BCUT2D eigenvalue weighted by Crippen LogP contribution is 2.59. The molecule has 714 valence electrons. The summed E-state index contributed by atoms with van der Waals surface area (Å²) in [4.78, 5) is 4.94. The molecular formula is C139H148N2. The lowest BCUT2D eigenvalue weighted by Crippen LogP contribution is -2.19. The zero-order valence-corrected chi connectivity index (χ0v) is 90.4. The van der Waals surface area contributed by atoms with E-state index in [-0.39, 0.29) is 59.6 Å². The number of rotatable bonds is 12. The molecule has 4 aliphatic carbocycles. The first-order valence-electron chi connectivity index (χ1n) is 51.7.